The lowest BCUT2D eigenvalue weighted by molar-refractivity contribution is -0.144. The second-order valence-electron chi connectivity index (χ2n) is 5.41. The van der Waals surface area contributed by atoms with Gasteiger partial charge in [0, 0.05) is 12.1 Å². The van der Waals surface area contributed by atoms with Crippen LogP contribution in [0, 0.1) is 5.92 Å². The van der Waals surface area contributed by atoms with Gasteiger partial charge in [-0.3, -0.25) is 9.59 Å². The van der Waals surface area contributed by atoms with E-state index < -0.39 is 27.9 Å². The number of hydrogen-bond donors (Lipinski definition) is 2. The fourth-order valence-electron chi connectivity index (χ4n) is 2.73. The van der Waals surface area contributed by atoms with Crippen LogP contribution in [0.3, 0.4) is 0 Å². The van der Waals surface area contributed by atoms with Crippen LogP contribution in [0.2, 0.25) is 0 Å². The average Bonchev–Trinajstić information content (AvgIpc) is 2.46. The lowest BCUT2D eigenvalue weighted by Gasteiger charge is -2.36. The van der Waals surface area contributed by atoms with Crippen molar-refractivity contribution in [3.05, 3.63) is 29.8 Å². The SMILES string of the molecule is CC1CCCN(S(=O)(=O)c2cccc(C(N)=O)c2)C1C(=O)O. The molecule has 2 unspecified atom stereocenters. The quantitative estimate of drug-likeness (QED) is 0.842. The van der Waals surface area contributed by atoms with Crippen molar-refractivity contribution < 1.29 is 23.1 Å². The fraction of sp³-hybridized carbons (Fsp3) is 0.429. The van der Waals surface area contributed by atoms with E-state index >= 15 is 0 Å². The molecule has 1 heterocycles. The van der Waals surface area contributed by atoms with E-state index in [0.717, 1.165) is 4.31 Å². The molecule has 120 valence electrons. The monoisotopic (exact) mass is 326 g/mol. The number of nitrogens with two attached hydrogens (primary N) is 1. The van der Waals surface area contributed by atoms with Crippen molar-refractivity contribution >= 4 is 21.9 Å². The minimum absolute atomic E-state index is 0.0676. The van der Waals surface area contributed by atoms with Gasteiger partial charge in [0.15, 0.2) is 0 Å². The zero-order valence-corrected chi connectivity index (χ0v) is 12.9. The van der Waals surface area contributed by atoms with Crippen molar-refractivity contribution in [3.8, 4) is 0 Å². The van der Waals surface area contributed by atoms with Gasteiger partial charge < -0.3 is 10.8 Å². The molecule has 22 heavy (non-hydrogen) atoms. The number of hydrogen-bond acceptors (Lipinski definition) is 4. The number of carbonyl (C=O) groups is 2. The molecule has 1 saturated heterocycles. The van der Waals surface area contributed by atoms with Crippen molar-refractivity contribution in [2.75, 3.05) is 6.54 Å². The van der Waals surface area contributed by atoms with Gasteiger partial charge in [-0.25, -0.2) is 8.42 Å². The first-order chi connectivity index (χ1) is 10.2. The van der Waals surface area contributed by atoms with Gasteiger partial charge in [0.1, 0.15) is 6.04 Å². The Hall–Kier alpha value is -1.93. The second kappa shape index (κ2) is 6.05. The molecule has 7 nitrogen and oxygen atoms in total. The summed E-state index contributed by atoms with van der Waals surface area (Å²) in [4.78, 5) is 22.5. The van der Waals surface area contributed by atoms with E-state index in [9.17, 15) is 23.1 Å². The summed E-state index contributed by atoms with van der Waals surface area (Å²) in [6.45, 7) is 1.87. The summed E-state index contributed by atoms with van der Waals surface area (Å²) in [5.41, 5.74) is 5.23. The van der Waals surface area contributed by atoms with Gasteiger partial charge in [-0.05, 0) is 37.0 Å². The van der Waals surface area contributed by atoms with E-state index in [1.807, 2.05) is 0 Å². The van der Waals surface area contributed by atoms with Gasteiger partial charge >= 0.3 is 5.97 Å². The lowest BCUT2D eigenvalue weighted by Crippen LogP contribution is -2.51. The van der Waals surface area contributed by atoms with Crippen LogP contribution in [0.25, 0.3) is 0 Å². The molecule has 2 atom stereocenters. The highest BCUT2D eigenvalue weighted by atomic mass is 32.2. The molecule has 0 aliphatic carbocycles. The van der Waals surface area contributed by atoms with Gasteiger partial charge in [-0.2, -0.15) is 4.31 Å². The Morgan fingerprint density at radius 2 is 2.05 bits per heavy atom. The molecule has 1 aromatic carbocycles. The number of carboxylic acid groups (broad SMARTS) is 1. The van der Waals surface area contributed by atoms with E-state index in [0.29, 0.717) is 12.8 Å². The van der Waals surface area contributed by atoms with Gasteiger partial charge in [-0.1, -0.05) is 13.0 Å². The van der Waals surface area contributed by atoms with Gasteiger partial charge in [0.05, 0.1) is 4.90 Å². The lowest BCUT2D eigenvalue weighted by atomic mass is 9.93. The van der Waals surface area contributed by atoms with Crippen molar-refractivity contribution in [2.24, 2.45) is 11.7 Å². The first-order valence-electron chi connectivity index (χ1n) is 6.89. The van der Waals surface area contributed by atoms with Crippen LogP contribution in [0.4, 0.5) is 0 Å². The Bertz CT molecular complexity index is 701. The van der Waals surface area contributed by atoms with Crippen LogP contribution in [0.15, 0.2) is 29.2 Å². The summed E-state index contributed by atoms with van der Waals surface area (Å²) in [6, 6.07) is 4.23. The van der Waals surface area contributed by atoms with Crippen LogP contribution < -0.4 is 5.73 Å². The Morgan fingerprint density at radius 1 is 1.36 bits per heavy atom. The largest absolute Gasteiger partial charge is 0.480 e. The Labute approximate surface area is 128 Å². The summed E-state index contributed by atoms with van der Waals surface area (Å²) in [7, 11) is -4.00. The summed E-state index contributed by atoms with van der Waals surface area (Å²) < 4.78 is 26.5. The maximum Gasteiger partial charge on any atom is 0.322 e. The number of rotatable bonds is 4. The number of carbonyl (C=O) groups excluding carboxylic acids is 1. The molecule has 0 bridgehead atoms. The molecule has 3 N–H and O–H groups in total. The molecular weight excluding hydrogens is 308 g/mol. The third-order valence-corrected chi connectivity index (χ3v) is 5.74. The zero-order valence-electron chi connectivity index (χ0n) is 12.1. The Morgan fingerprint density at radius 3 is 2.64 bits per heavy atom. The second-order valence-corrected chi connectivity index (χ2v) is 7.30. The van der Waals surface area contributed by atoms with E-state index in [2.05, 4.69) is 0 Å². The van der Waals surface area contributed by atoms with Gasteiger partial charge in [0.25, 0.3) is 0 Å². The normalized spacial score (nSPS) is 23.1. The highest BCUT2D eigenvalue weighted by molar-refractivity contribution is 7.89. The predicted molar refractivity (Wildman–Crippen MR) is 78.7 cm³/mol. The minimum Gasteiger partial charge on any atom is -0.480 e. The molecule has 0 spiro atoms. The number of sulfonamides is 1. The average molecular weight is 326 g/mol. The number of aliphatic carboxylic acids is 1. The Kier molecular flexibility index (Phi) is 4.52. The summed E-state index contributed by atoms with van der Waals surface area (Å²) >= 11 is 0. The summed E-state index contributed by atoms with van der Waals surface area (Å²) in [5, 5.41) is 9.35. The molecule has 1 fully saturated rings. The van der Waals surface area contributed by atoms with Gasteiger partial charge in [-0.15, -0.1) is 0 Å². The van der Waals surface area contributed by atoms with Crippen LogP contribution in [-0.2, 0) is 14.8 Å². The summed E-state index contributed by atoms with van der Waals surface area (Å²) in [5.74, 6) is -2.18. The van der Waals surface area contributed by atoms with Crippen LogP contribution in [0.5, 0.6) is 0 Å². The molecule has 2 rings (SSSR count). The topological polar surface area (TPSA) is 118 Å². The highest BCUT2D eigenvalue weighted by Gasteiger charge is 2.41. The molecule has 8 heteroatoms. The van der Waals surface area contributed by atoms with E-state index in [-0.39, 0.29) is 22.9 Å². The molecule has 1 amide bonds. The smallest absolute Gasteiger partial charge is 0.322 e. The first-order valence-corrected chi connectivity index (χ1v) is 8.33. The number of benzene rings is 1. The van der Waals surface area contributed by atoms with E-state index in [1.165, 1.54) is 24.3 Å². The molecular formula is C14H18N2O5S. The third kappa shape index (κ3) is 2.97. The standard InChI is InChI=1S/C14H18N2O5S/c1-9-4-3-7-16(12(9)14(18)19)22(20,21)11-6-2-5-10(8-11)13(15)17/h2,5-6,8-9,12H,3-4,7H2,1H3,(H2,15,17)(H,18,19). The van der Waals surface area contributed by atoms with E-state index in [4.69, 9.17) is 5.73 Å². The number of nitrogens with zero attached hydrogens (tertiary/aromatic N) is 1. The van der Waals surface area contributed by atoms with Crippen LogP contribution in [-0.4, -0.2) is 42.3 Å². The molecule has 1 aliphatic rings. The van der Waals surface area contributed by atoms with Crippen molar-refractivity contribution in [3.63, 3.8) is 0 Å². The minimum atomic E-state index is -4.00. The van der Waals surface area contributed by atoms with E-state index in [1.54, 1.807) is 6.92 Å². The third-order valence-electron chi connectivity index (χ3n) is 3.87. The maximum absolute atomic E-state index is 12.7. The van der Waals surface area contributed by atoms with Gasteiger partial charge in [0.2, 0.25) is 15.9 Å². The molecule has 1 aliphatic heterocycles. The summed E-state index contributed by atoms with van der Waals surface area (Å²) in [6.07, 6.45) is 1.25. The predicted octanol–water partition coefficient (Wildman–Crippen LogP) is 0.659. The first kappa shape index (κ1) is 16.4. The molecule has 0 radical (unpaired) electrons. The maximum atomic E-state index is 12.7. The molecule has 0 aromatic heterocycles. The molecule has 1 aromatic rings. The van der Waals surface area contributed by atoms with Crippen LogP contribution in [0.1, 0.15) is 30.1 Å². The Balaban J connectivity index is 2.46. The van der Waals surface area contributed by atoms with Crippen LogP contribution >= 0.6 is 0 Å². The zero-order chi connectivity index (χ0) is 16.5. The van der Waals surface area contributed by atoms with Crippen molar-refractivity contribution in [1.29, 1.82) is 0 Å². The number of amides is 1. The number of primary amides is 1. The highest BCUT2D eigenvalue weighted by Crippen LogP contribution is 2.29. The number of carboxylic acids is 1. The molecule has 0 saturated carbocycles. The van der Waals surface area contributed by atoms with Crippen molar-refractivity contribution in [2.45, 2.75) is 30.7 Å². The number of piperidine rings is 1. The fourth-order valence-corrected chi connectivity index (χ4v) is 4.50. The van der Waals surface area contributed by atoms with Crippen molar-refractivity contribution in [1.82, 2.24) is 4.31 Å².